The van der Waals surface area contributed by atoms with Crippen molar-refractivity contribution in [3.63, 3.8) is 0 Å². The highest BCUT2D eigenvalue weighted by molar-refractivity contribution is 6.23. The molecular weight excluding hydrogens is 344 g/mol. The average molecular weight is 362 g/mol. The van der Waals surface area contributed by atoms with E-state index in [4.69, 9.17) is 4.74 Å². The number of hydrogen-bond donors (Lipinski definition) is 1. The smallest absolute Gasteiger partial charge is 0.341 e. The number of nitroso groups, excluding NO2 is 1. The second-order valence-electron chi connectivity index (χ2n) is 6.85. The van der Waals surface area contributed by atoms with Gasteiger partial charge >= 0.3 is 5.97 Å². The number of carbonyl (C=O) groups excluding carboxylic acids is 1. The van der Waals surface area contributed by atoms with Crippen molar-refractivity contribution in [2.45, 2.75) is 26.9 Å². The molecule has 0 unspecified atom stereocenters. The first-order chi connectivity index (χ1) is 12.9. The zero-order valence-corrected chi connectivity index (χ0v) is 15.2. The third-order valence-electron chi connectivity index (χ3n) is 4.63. The van der Waals surface area contributed by atoms with Crippen LogP contribution >= 0.6 is 0 Å². The van der Waals surface area contributed by atoms with Gasteiger partial charge in [0, 0.05) is 22.4 Å². The van der Waals surface area contributed by atoms with E-state index in [2.05, 4.69) is 5.18 Å². The maximum absolute atomic E-state index is 12.9. The Morgan fingerprint density at radius 1 is 1.19 bits per heavy atom. The van der Waals surface area contributed by atoms with E-state index in [9.17, 15) is 14.8 Å². The van der Waals surface area contributed by atoms with Gasteiger partial charge in [-0.25, -0.2) is 4.79 Å². The lowest BCUT2D eigenvalue weighted by atomic mass is 10.0. The summed E-state index contributed by atoms with van der Waals surface area (Å²) in [5.41, 5.74) is 2.22. The first-order valence-electron chi connectivity index (χ1n) is 8.66. The molecule has 136 valence electrons. The number of hydrogen-bond acceptors (Lipinski definition) is 5. The molecule has 27 heavy (non-hydrogen) atoms. The molecule has 0 atom stereocenters. The molecule has 0 saturated heterocycles. The summed E-state index contributed by atoms with van der Waals surface area (Å²) >= 11 is 0. The van der Waals surface area contributed by atoms with E-state index in [1.54, 1.807) is 48.7 Å². The van der Waals surface area contributed by atoms with Crippen LogP contribution in [0.3, 0.4) is 0 Å². The summed E-state index contributed by atoms with van der Waals surface area (Å²) < 4.78 is 7.13. The number of aryl methyl sites for hydroxylation is 1. The first kappa shape index (κ1) is 17.0. The SMILES string of the molecule is Cc1ccn2c(c1)c(C(=O)OC(C)C)c1c(N=O)c3ccccc3c(O)c12. The van der Waals surface area contributed by atoms with Gasteiger partial charge in [-0.1, -0.05) is 24.3 Å². The number of carbonyl (C=O) groups is 1. The van der Waals surface area contributed by atoms with Gasteiger partial charge in [0.2, 0.25) is 0 Å². The summed E-state index contributed by atoms with van der Waals surface area (Å²) in [6.07, 6.45) is 1.44. The molecule has 6 heteroatoms. The molecule has 0 aliphatic carbocycles. The van der Waals surface area contributed by atoms with E-state index in [1.807, 2.05) is 19.1 Å². The average Bonchev–Trinajstić information content (AvgIpc) is 2.96. The second kappa shape index (κ2) is 6.09. The van der Waals surface area contributed by atoms with Crippen molar-refractivity contribution in [3.8, 4) is 5.75 Å². The zero-order valence-electron chi connectivity index (χ0n) is 15.2. The molecule has 2 aromatic heterocycles. The monoisotopic (exact) mass is 362 g/mol. The minimum atomic E-state index is -0.553. The van der Waals surface area contributed by atoms with E-state index >= 15 is 0 Å². The fourth-order valence-corrected chi connectivity index (χ4v) is 3.56. The number of ether oxygens (including phenoxy) is 1. The van der Waals surface area contributed by atoms with Crippen LogP contribution in [0.1, 0.15) is 29.8 Å². The summed E-state index contributed by atoms with van der Waals surface area (Å²) in [7, 11) is 0. The molecule has 6 nitrogen and oxygen atoms in total. The second-order valence-corrected chi connectivity index (χ2v) is 6.85. The number of pyridine rings is 1. The number of esters is 1. The van der Waals surface area contributed by atoms with Gasteiger partial charge in [0.05, 0.1) is 22.7 Å². The third kappa shape index (κ3) is 2.44. The summed E-state index contributed by atoms with van der Waals surface area (Å²) in [5.74, 6) is -0.557. The molecule has 0 aliphatic heterocycles. The van der Waals surface area contributed by atoms with Crippen LogP contribution in [0.25, 0.3) is 27.2 Å². The Morgan fingerprint density at radius 2 is 1.89 bits per heavy atom. The maximum atomic E-state index is 12.9. The number of benzene rings is 2. The van der Waals surface area contributed by atoms with Crippen molar-refractivity contribution < 1.29 is 14.6 Å². The first-order valence-corrected chi connectivity index (χ1v) is 8.66. The number of fused-ring (bicyclic) bond motifs is 4. The number of rotatable bonds is 3. The molecule has 2 aromatic carbocycles. The number of phenols is 1. The fourth-order valence-electron chi connectivity index (χ4n) is 3.56. The van der Waals surface area contributed by atoms with Crippen molar-refractivity contribution in [1.82, 2.24) is 4.40 Å². The minimum Gasteiger partial charge on any atom is -0.505 e. The molecule has 0 aliphatic rings. The van der Waals surface area contributed by atoms with Gasteiger partial charge in [0.15, 0.2) is 0 Å². The van der Waals surface area contributed by atoms with Crippen LogP contribution in [-0.2, 0) is 4.74 Å². The van der Waals surface area contributed by atoms with Crippen molar-refractivity contribution in [2.24, 2.45) is 5.18 Å². The molecule has 1 N–H and O–H groups in total. The van der Waals surface area contributed by atoms with Crippen LogP contribution in [0.5, 0.6) is 5.75 Å². The highest BCUT2D eigenvalue weighted by Crippen LogP contribution is 2.46. The molecule has 4 aromatic rings. The number of phenolic OH excluding ortho intramolecular Hbond substituents is 1. The Hall–Kier alpha value is -3.41. The highest BCUT2D eigenvalue weighted by atomic mass is 16.5. The van der Waals surface area contributed by atoms with E-state index in [-0.39, 0.29) is 23.1 Å². The van der Waals surface area contributed by atoms with E-state index < -0.39 is 5.97 Å². The maximum Gasteiger partial charge on any atom is 0.341 e. The highest BCUT2D eigenvalue weighted by Gasteiger charge is 2.27. The van der Waals surface area contributed by atoms with Gasteiger partial charge in [-0.05, 0) is 43.6 Å². The summed E-state index contributed by atoms with van der Waals surface area (Å²) in [4.78, 5) is 24.7. The van der Waals surface area contributed by atoms with Crippen LogP contribution in [0, 0.1) is 11.8 Å². The summed E-state index contributed by atoms with van der Waals surface area (Å²) in [5, 5.41) is 15.5. The molecule has 0 fully saturated rings. The third-order valence-corrected chi connectivity index (χ3v) is 4.63. The Kier molecular flexibility index (Phi) is 3.84. The fraction of sp³-hybridized carbons (Fsp3) is 0.190. The van der Waals surface area contributed by atoms with Gasteiger partial charge in [0.1, 0.15) is 11.4 Å². The predicted octanol–water partition coefficient (Wildman–Crippen LogP) is 5.22. The van der Waals surface area contributed by atoms with Gasteiger partial charge in [-0.15, -0.1) is 4.91 Å². The van der Waals surface area contributed by atoms with E-state index in [1.165, 1.54) is 0 Å². The lowest BCUT2D eigenvalue weighted by molar-refractivity contribution is 0.0382. The quantitative estimate of drug-likeness (QED) is 0.400. The molecule has 0 amide bonds. The van der Waals surface area contributed by atoms with E-state index in [0.29, 0.717) is 27.2 Å². The Labute approximate surface area is 155 Å². The molecule has 0 bridgehead atoms. The zero-order chi connectivity index (χ0) is 19.3. The van der Waals surface area contributed by atoms with E-state index in [0.717, 1.165) is 5.56 Å². The van der Waals surface area contributed by atoms with Crippen molar-refractivity contribution in [2.75, 3.05) is 0 Å². The minimum absolute atomic E-state index is 0.00421. The van der Waals surface area contributed by atoms with Gasteiger partial charge in [-0.2, -0.15) is 0 Å². The molecule has 0 saturated carbocycles. The lowest BCUT2D eigenvalue weighted by Crippen LogP contribution is -2.11. The van der Waals surface area contributed by atoms with Gasteiger partial charge in [-0.3, -0.25) is 0 Å². The topological polar surface area (TPSA) is 80.4 Å². The van der Waals surface area contributed by atoms with Gasteiger partial charge < -0.3 is 14.2 Å². The van der Waals surface area contributed by atoms with Crippen molar-refractivity contribution in [3.05, 3.63) is 58.6 Å². The molecule has 0 radical (unpaired) electrons. The lowest BCUT2D eigenvalue weighted by Gasteiger charge is -2.09. The Bertz CT molecular complexity index is 1240. The van der Waals surface area contributed by atoms with Crippen LogP contribution in [0.2, 0.25) is 0 Å². The predicted molar refractivity (Wildman–Crippen MR) is 105 cm³/mol. The Morgan fingerprint density at radius 3 is 2.56 bits per heavy atom. The van der Waals surface area contributed by atoms with Crippen LogP contribution in [0.4, 0.5) is 5.69 Å². The summed E-state index contributed by atoms with van der Waals surface area (Å²) in [6.45, 7) is 5.43. The van der Waals surface area contributed by atoms with Crippen LogP contribution in [-0.4, -0.2) is 21.6 Å². The Balaban J connectivity index is 2.30. The molecular formula is C21H18N2O4. The molecule has 2 heterocycles. The standard InChI is InChI=1S/C21H18N2O4/c1-11(2)27-21(25)16-15-10-12(3)8-9-23(15)19-17(16)18(22-26)13-6-4-5-7-14(13)20(19)24/h4-11,24H,1-3H3. The van der Waals surface area contributed by atoms with Crippen LogP contribution < -0.4 is 0 Å². The van der Waals surface area contributed by atoms with Gasteiger partial charge in [0.25, 0.3) is 0 Å². The number of aromatic hydroxyl groups is 1. The molecule has 4 rings (SSSR count). The largest absolute Gasteiger partial charge is 0.505 e. The number of aromatic nitrogens is 1. The molecule has 0 spiro atoms. The van der Waals surface area contributed by atoms with Crippen LogP contribution in [0.15, 0.2) is 47.8 Å². The van der Waals surface area contributed by atoms with Crippen molar-refractivity contribution >= 4 is 38.8 Å². The summed E-state index contributed by atoms with van der Waals surface area (Å²) in [6, 6.07) is 10.7. The number of nitrogens with zero attached hydrogens (tertiary/aromatic N) is 2. The van der Waals surface area contributed by atoms with Crippen molar-refractivity contribution in [1.29, 1.82) is 0 Å². The normalized spacial score (nSPS) is 11.6.